The number of nitrogens with two attached hydrogens (primary N) is 1. The molecule has 4 nitrogen and oxygen atoms in total. The lowest BCUT2D eigenvalue weighted by Crippen LogP contribution is -2.37. The van der Waals surface area contributed by atoms with E-state index in [1.807, 2.05) is 18.2 Å². The van der Waals surface area contributed by atoms with E-state index in [1.54, 1.807) is 0 Å². The number of nitrogen functional groups attached to an aromatic ring is 1. The molecule has 0 aliphatic carbocycles. The van der Waals surface area contributed by atoms with E-state index in [-0.39, 0.29) is 5.84 Å². The third kappa shape index (κ3) is 2.87. The summed E-state index contributed by atoms with van der Waals surface area (Å²) >= 11 is 3.42. The first-order valence-electron chi connectivity index (χ1n) is 5.32. The van der Waals surface area contributed by atoms with Crippen molar-refractivity contribution in [2.24, 2.45) is 5.73 Å². The molecule has 0 bridgehead atoms. The molecule has 0 aromatic heterocycles. The molecule has 1 aliphatic rings. The van der Waals surface area contributed by atoms with Gasteiger partial charge >= 0.3 is 0 Å². The third-order valence-electron chi connectivity index (χ3n) is 2.79. The summed E-state index contributed by atoms with van der Waals surface area (Å²) in [6.45, 7) is 1.64. The van der Waals surface area contributed by atoms with Gasteiger partial charge in [0.1, 0.15) is 5.84 Å². The van der Waals surface area contributed by atoms with Gasteiger partial charge in [-0.3, -0.25) is 9.62 Å². The molecule has 0 saturated carbocycles. The minimum atomic E-state index is -0.659. The number of halogens is 1. The zero-order valence-electron chi connectivity index (χ0n) is 9.28. The summed E-state index contributed by atoms with van der Waals surface area (Å²) in [5.74, 6) is 1.51. The Balaban J connectivity index is 2.20. The Labute approximate surface area is 111 Å². The second-order valence-corrected chi connectivity index (χ2v) is 6.46. The van der Waals surface area contributed by atoms with Crippen molar-refractivity contribution in [3.8, 4) is 0 Å². The van der Waals surface area contributed by atoms with Crippen molar-refractivity contribution in [3.63, 3.8) is 0 Å². The fourth-order valence-corrected chi connectivity index (χ4v) is 3.45. The fraction of sp³-hybridized carbons (Fsp3) is 0.364. The van der Waals surface area contributed by atoms with Crippen molar-refractivity contribution in [1.82, 2.24) is 0 Å². The van der Waals surface area contributed by atoms with E-state index >= 15 is 0 Å². The average Bonchev–Trinajstić information content (AvgIpc) is 2.29. The van der Waals surface area contributed by atoms with Crippen LogP contribution in [0.3, 0.4) is 0 Å². The Kier molecular flexibility index (Phi) is 3.83. The number of nitrogens with one attached hydrogen (secondary N) is 1. The molecule has 0 atom stereocenters. The maximum Gasteiger partial charge on any atom is 0.123 e. The van der Waals surface area contributed by atoms with Crippen LogP contribution in [0.4, 0.5) is 5.69 Å². The second-order valence-electron chi connectivity index (χ2n) is 3.91. The third-order valence-corrected chi connectivity index (χ3v) is 4.72. The van der Waals surface area contributed by atoms with Gasteiger partial charge in [0, 0.05) is 51.1 Å². The summed E-state index contributed by atoms with van der Waals surface area (Å²) in [6.07, 6.45) is 0. The van der Waals surface area contributed by atoms with Crippen LogP contribution in [0.2, 0.25) is 0 Å². The minimum absolute atomic E-state index is 0.0585. The summed E-state index contributed by atoms with van der Waals surface area (Å²) in [5.41, 5.74) is 7.25. The van der Waals surface area contributed by atoms with Crippen molar-refractivity contribution < 1.29 is 4.21 Å². The molecule has 1 aromatic rings. The van der Waals surface area contributed by atoms with Crippen molar-refractivity contribution >= 4 is 38.3 Å². The molecule has 0 amide bonds. The van der Waals surface area contributed by atoms with Gasteiger partial charge in [-0.25, -0.2) is 0 Å². The topological polar surface area (TPSA) is 70.2 Å². The molecule has 3 N–H and O–H groups in total. The first-order chi connectivity index (χ1) is 8.08. The molecule has 1 saturated heterocycles. The number of anilines is 1. The molecule has 0 radical (unpaired) electrons. The molecular formula is C11H14BrN3OS. The Hall–Kier alpha value is -0.880. The highest BCUT2D eigenvalue weighted by molar-refractivity contribution is 9.10. The van der Waals surface area contributed by atoms with Gasteiger partial charge in [-0.05, 0) is 34.1 Å². The number of rotatable bonds is 2. The van der Waals surface area contributed by atoms with Crippen LogP contribution < -0.4 is 10.6 Å². The Morgan fingerprint density at radius 1 is 1.41 bits per heavy atom. The van der Waals surface area contributed by atoms with Crippen LogP contribution in [0, 0.1) is 5.41 Å². The van der Waals surface area contributed by atoms with Crippen LogP contribution >= 0.6 is 15.9 Å². The summed E-state index contributed by atoms with van der Waals surface area (Å²) in [4.78, 5) is 2.20. The lowest BCUT2D eigenvalue weighted by Gasteiger charge is -2.28. The maximum absolute atomic E-state index is 11.3. The predicted octanol–water partition coefficient (Wildman–Crippen LogP) is 1.30. The first-order valence-corrected chi connectivity index (χ1v) is 7.60. The minimum Gasteiger partial charge on any atom is -0.384 e. The quantitative estimate of drug-likeness (QED) is 0.638. The smallest absolute Gasteiger partial charge is 0.123 e. The van der Waals surface area contributed by atoms with Crippen molar-refractivity contribution in [2.45, 2.75) is 0 Å². The van der Waals surface area contributed by atoms with Gasteiger partial charge in [0.2, 0.25) is 0 Å². The molecule has 1 aromatic carbocycles. The molecule has 0 unspecified atom stereocenters. The normalized spacial score (nSPS) is 17.1. The SMILES string of the molecule is N=C(N)c1ccc(N2CCS(=O)CC2)cc1Br. The average molecular weight is 316 g/mol. The number of nitrogens with zero attached hydrogens (tertiary/aromatic N) is 1. The summed E-state index contributed by atoms with van der Waals surface area (Å²) in [5, 5.41) is 7.41. The maximum atomic E-state index is 11.3. The van der Waals surface area contributed by atoms with E-state index in [1.165, 1.54) is 0 Å². The van der Waals surface area contributed by atoms with Crippen LogP contribution in [0.25, 0.3) is 0 Å². The highest BCUT2D eigenvalue weighted by Gasteiger charge is 2.16. The predicted molar refractivity (Wildman–Crippen MR) is 75.2 cm³/mol. The van der Waals surface area contributed by atoms with Crippen molar-refractivity contribution in [2.75, 3.05) is 29.5 Å². The van der Waals surface area contributed by atoms with E-state index in [9.17, 15) is 4.21 Å². The van der Waals surface area contributed by atoms with E-state index < -0.39 is 10.8 Å². The number of amidine groups is 1. The summed E-state index contributed by atoms with van der Waals surface area (Å²) in [7, 11) is -0.659. The van der Waals surface area contributed by atoms with Gasteiger partial charge in [-0.2, -0.15) is 0 Å². The van der Waals surface area contributed by atoms with Gasteiger partial charge in [-0.15, -0.1) is 0 Å². The lowest BCUT2D eigenvalue weighted by molar-refractivity contribution is 0.673. The summed E-state index contributed by atoms with van der Waals surface area (Å²) in [6, 6.07) is 5.76. The van der Waals surface area contributed by atoms with Crippen LogP contribution in [0.15, 0.2) is 22.7 Å². The van der Waals surface area contributed by atoms with E-state index in [4.69, 9.17) is 11.1 Å². The molecule has 1 fully saturated rings. The summed E-state index contributed by atoms with van der Waals surface area (Å²) < 4.78 is 12.1. The van der Waals surface area contributed by atoms with Crippen LogP contribution in [0.1, 0.15) is 5.56 Å². The Bertz CT molecular complexity index is 468. The lowest BCUT2D eigenvalue weighted by atomic mass is 10.2. The number of hydrogen-bond acceptors (Lipinski definition) is 3. The Morgan fingerprint density at radius 2 is 2.06 bits per heavy atom. The molecule has 0 spiro atoms. The van der Waals surface area contributed by atoms with Gasteiger partial charge in [-0.1, -0.05) is 0 Å². The largest absolute Gasteiger partial charge is 0.384 e. The van der Waals surface area contributed by atoms with Gasteiger partial charge < -0.3 is 10.6 Å². The molecule has 1 heterocycles. The zero-order chi connectivity index (χ0) is 12.4. The molecule has 2 rings (SSSR count). The first kappa shape index (κ1) is 12.6. The standard InChI is InChI=1S/C11H14BrN3OS/c12-10-7-8(1-2-9(10)11(13)14)15-3-5-17(16)6-4-15/h1-2,7H,3-6H2,(H3,13,14). The molecule has 92 valence electrons. The van der Waals surface area contributed by atoms with Crippen LogP contribution in [0.5, 0.6) is 0 Å². The van der Waals surface area contributed by atoms with Crippen LogP contribution in [-0.4, -0.2) is 34.6 Å². The van der Waals surface area contributed by atoms with E-state index in [2.05, 4.69) is 20.8 Å². The monoisotopic (exact) mass is 315 g/mol. The highest BCUT2D eigenvalue weighted by atomic mass is 79.9. The number of benzene rings is 1. The zero-order valence-corrected chi connectivity index (χ0v) is 11.7. The van der Waals surface area contributed by atoms with Crippen molar-refractivity contribution in [3.05, 3.63) is 28.2 Å². The van der Waals surface area contributed by atoms with E-state index in [0.717, 1.165) is 34.8 Å². The van der Waals surface area contributed by atoms with Gasteiger partial charge in [0.25, 0.3) is 0 Å². The molecule has 6 heteroatoms. The van der Waals surface area contributed by atoms with Gasteiger partial charge in [0.05, 0.1) is 0 Å². The van der Waals surface area contributed by atoms with Crippen LogP contribution in [-0.2, 0) is 10.8 Å². The fourth-order valence-electron chi connectivity index (χ4n) is 1.82. The van der Waals surface area contributed by atoms with Gasteiger partial charge in [0.15, 0.2) is 0 Å². The molecule has 1 aliphatic heterocycles. The molecule has 17 heavy (non-hydrogen) atoms. The second kappa shape index (κ2) is 5.18. The highest BCUT2D eigenvalue weighted by Crippen LogP contribution is 2.24. The van der Waals surface area contributed by atoms with Crippen molar-refractivity contribution in [1.29, 1.82) is 5.41 Å². The molecular weight excluding hydrogens is 302 g/mol. The van der Waals surface area contributed by atoms with E-state index in [0.29, 0.717) is 5.56 Å². The number of hydrogen-bond donors (Lipinski definition) is 2. The Morgan fingerprint density at radius 3 is 2.59 bits per heavy atom.